The number of unbranched alkanes of at least 4 members (excludes halogenated alkanes) is 1. The molecular formula is C15H21NO. The molecule has 0 aliphatic heterocycles. The molecule has 17 heavy (non-hydrogen) atoms. The molecule has 0 aromatic heterocycles. The van der Waals surface area contributed by atoms with Gasteiger partial charge in [-0.3, -0.25) is 4.79 Å². The van der Waals surface area contributed by atoms with E-state index in [1.165, 1.54) is 30.4 Å². The smallest absolute Gasteiger partial charge is 0.251 e. The van der Waals surface area contributed by atoms with E-state index in [1.54, 1.807) is 0 Å². The normalized spacial score (nSPS) is 14.2. The van der Waals surface area contributed by atoms with Crippen LogP contribution < -0.4 is 5.32 Å². The Labute approximate surface area is 103 Å². The van der Waals surface area contributed by atoms with E-state index >= 15 is 0 Å². The highest BCUT2D eigenvalue weighted by atomic mass is 16.1. The summed E-state index contributed by atoms with van der Waals surface area (Å²) in [5.74, 6) is 0.0758. The molecule has 1 N–H and O–H groups in total. The molecule has 2 nitrogen and oxygen atoms in total. The van der Waals surface area contributed by atoms with Crippen molar-refractivity contribution >= 4 is 5.91 Å². The third-order valence-corrected chi connectivity index (χ3v) is 3.43. The molecule has 92 valence electrons. The summed E-state index contributed by atoms with van der Waals surface area (Å²) in [7, 11) is 0. The van der Waals surface area contributed by atoms with Crippen molar-refractivity contribution < 1.29 is 4.79 Å². The van der Waals surface area contributed by atoms with Gasteiger partial charge in [0, 0.05) is 12.1 Å². The number of hydrogen-bond donors (Lipinski definition) is 1. The summed E-state index contributed by atoms with van der Waals surface area (Å²) in [6.07, 6.45) is 7.02. The molecule has 1 aliphatic carbocycles. The fourth-order valence-electron chi connectivity index (χ4n) is 2.36. The van der Waals surface area contributed by atoms with E-state index in [1.807, 2.05) is 6.07 Å². The number of nitrogens with one attached hydrogen (secondary N) is 1. The van der Waals surface area contributed by atoms with Crippen molar-refractivity contribution in [3.05, 3.63) is 34.9 Å². The minimum atomic E-state index is 0.0758. The molecular weight excluding hydrogens is 210 g/mol. The van der Waals surface area contributed by atoms with Gasteiger partial charge >= 0.3 is 0 Å². The summed E-state index contributed by atoms with van der Waals surface area (Å²) in [5.41, 5.74) is 3.63. The zero-order valence-corrected chi connectivity index (χ0v) is 10.6. The van der Waals surface area contributed by atoms with Crippen molar-refractivity contribution in [1.82, 2.24) is 5.32 Å². The Morgan fingerprint density at radius 2 is 2.00 bits per heavy atom. The van der Waals surface area contributed by atoms with Gasteiger partial charge in [-0.1, -0.05) is 19.4 Å². The van der Waals surface area contributed by atoms with Crippen molar-refractivity contribution in [2.45, 2.75) is 45.4 Å². The lowest BCUT2D eigenvalue weighted by Gasteiger charge is -2.16. The number of hydrogen-bond acceptors (Lipinski definition) is 1. The minimum Gasteiger partial charge on any atom is -0.352 e. The zero-order valence-electron chi connectivity index (χ0n) is 10.6. The fourth-order valence-corrected chi connectivity index (χ4v) is 2.36. The van der Waals surface area contributed by atoms with Gasteiger partial charge in [0.25, 0.3) is 5.91 Å². The third-order valence-electron chi connectivity index (χ3n) is 3.43. The Kier molecular flexibility index (Phi) is 4.18. The summed E-state index contributed by atoms with van der Waals surface area (Å²) < 4.78 is 0. The number of aryl methyl sites for hydroxylation is 2. The first-order valence-electron chi connectivity index (χ1n) is 6.71. The van der Waals surface area contributed by atoms with Gasteiger partial charge in [-0.05, 0) is 55.4 Å². The first-order valence-corrected chi connectivity index (χ1v) is 6.71. The average molecular weight is 231 g/mol. The average Bonchev–Trinajstić information content (AvgIpc) is 2.38. The summed E-state index contributed by atoms with van der Waals surface area (Å²) in [6.45, 7) is 2.91. The second-order valence-electron chi connectivity index (χ2n) is 4.80. The second-order valence-corrected chi connectivity index (χ2v) is 4.80. The first-order chi connectivity index (χ1) is 8.31. The van der Waals surface area contributed by atoms with Crippen LogP contribution in [-0.4, -0.2) is 12.5 Å². The Bertz CT molecular complexity index is 398. The predicted molar refractivity (Wildman–Crippen MR) is 70.3 cm³/mol. The lowest BCUT2D eigenvalue weighted by atomic mass is 9.90. The van der Waals surface area contributed by atoms with Crippen molar-refractivity contribution in [3.63, 3.8) is 0 Å². The van der Waals surface area contributed by atoms with Gasteiger partial charge in [0.15, 0.2) is 0 Å². The number of amides is 1. The quantitative estimate of drug-likeness (QED) is 0.793. The molecule has 0 saturated carbocycles. The second kappa shape index (κ2) is 5.85. The maximum atomic E-state index is 11.9. The molecule has 2 heteroatoms. The van der Waals surface area contributed by atoms with Gasteiger partial charge in [0.2, 0.25) is 0 Å². The van der Waals surface area contributed by atoms with Crippen LogP contribution in [0.1, 0.15) is 54.1 Å². The van der Waals surface area contributed by atoms with Crippen LogP contribution >= 0.6 is 0 Å². The predicted octanol–water partition coefficient (Wildman–Crippen LogP) is 3.10. The minimum absolute atomic E-state index is 0.0758. The van der Waals surface area contributed by atoms with Gasteiger partial charge in [0.1, 0.15) is 0 Å². The van der Waals surface area contributed by atoms with E-state index in [4.69, 9.17) is 0 Å². The van der Waals surface area contributed by atoms with Crippen molar-refractivity contribution in [1.29, 1.82) is 0 Å². The van der Waals surface area contributed by atoms with Gasteiger partial charge in [-0.15, -0.1) is 0 Å². The third kappa shape index (κ3) is 3.09. The first kappa shape index (κ1) is 12.2. The Morgan fingerprint density at radius 1 is 1.24 bits per heavy atom. The Balaban J connectivity index is 2.03. The van der Waals surface area contributed by atoms with Crippen molar-refractivity contribution in [3.8, 4) is 0 Å². The number of benzene rings is 1. The Morgan fingerprint density at radius 3 is 2.76 bits per heavy atom. The lowest BCUT2D eigenvalue weighted by Crippen LogP contribution is -2.24. The standard InChI is InChI=1S/C15H21NO/c1-2-3-10-16-15(17)14-9-8-12-6-4-5-7-13(12)11-14/h8-9,11H,2-7,10H2,1H3,(H,16,17). The molecule has 0 fully saturated rings. The molecule has 0 spiro atoms. The summed E-state index contributed by atoms with van der Waals surface area (Å²) in [5, 5.41) is 2.97. The summed E-state index contributed by atoms with van der Waals surface area (Å²) in [6, 6.07) is 6.17. The molecule has 1 aromatic rings. The molecule has 2 rings (SSSR count). The number of carbonyl (C=O) groups is 1. The summed E-state index contributed by atoms with van der Waals surface area (Å²) in [4.78, 5) is 11.9. The SMILES string of the molecule is CCCCNC(=O)c1ccc2c(c1)CCCC2. The van der Waals surface area contributed by atoms with E-state index in [0.717, 1.165) is 31.4 Å². The van der Waals surface area contributed by atoms with Crippen LogP contribution in [0, 0.1) is 0 Å². The maximum Gasteiger partial charge on any atom is 0.251 e. The molecule has 0 bridgehead atoms. The van der Waals surface area contributed by atoms with Crippen LogP contribution in [0.5, 0.6) is 0 Å². The number of carbonyl (C=O) groups excluding carboxylic acids is 1. The van der Waals surface area contributed by atoms with Gasteiger partial charge in [-0.25, -0.2) is 0 Å². The van der Waals surface area contributed by atoms with Crippen LogP contribution in [0.2, 0.25) is 0 Å². The highest BCUT2D eigenvalue weighted by Gasteiger charge is 2.12. The maximum absolute atomic E-state index is 11.9. The molecule has 0 saturated heterocycles. The van der Waals surface area contributed by atoms with Crippen LogP contribution in [-0.2, 0) is 12.8 Å². The largest absolute Gasteiger partial charge is 0.352 e. The van der Waals surface area contributed by atoms with Crippen LogP contribution in [0.4, 0.5) is 0 Å². The molecule has 1 aliphatic rings. The van der Waals surface area contributed by atoms with E-state index in [2.05, 4.69) is 24.4 Å². The van der Waals surface area contributed by atoms with E-state index in [9.17, 15) is 4.79 Å². The topological polar surface area (TPSA) is 29.1 Å². The highest BCUT2D eigenvalue weighted by molar-refractivity contribution is 5.94. The highest BCUT2D eigenvalue weighted by Crippen LogP contribution is 2.22. The Hall–Kier alpha value is -1.31. The molecule has 0 radical (unpaired) electrons. The van der Waals surface area contributed by atoms with Gasteiger partial charge in [0.05, 0.1) is 0 Å². The monoisotopic (exact) mass is 231 g/mol. The van der Waals surface area contributed by atoms with E-state index < -0.39 is 0 Å². The van der Waals surface area contributed by atoms with Crippen LogP contribution in [0.25, 0.3) is 0 Å². The number of rotatable bonds is 4. The summed E-state index contributed by atoms with van der Waals surface area (Å²) >= 11 is 0. The molecule has 0 unspecified atom stereocenters. The fraction of sp³-hybridized carbons (Fsp3) is 0.533. The lowest BCUT2D eigenvalue weighted by molar-refractivity contribution is 0.0953. The number of fused-ring (bicyclic) bond motifs is 1. The molecule has 1 aromatic carbocycles. The molecule has 1 amide bonds. The van der Waals surface area contributed by atoms with E-state index in [-0.39, 0.29) is 5.91 Å². The van der Waals surface area contributed by atoms with E-state index in [0.29, 0.717) is 0 Å². The van der Waals surface area contributed by atoms with Gasteiger partial charge in [-0.2, -0.15) is 0 Å². The van der Waals surface area contributed by atoms with Gasteiger partial charge < -0.3 is 5.32 Å². The van der Waals surface area contributed by atoms with Crippen LogP contribution in [0.3, 0.4) is 0 Å². The van der Waals surface area contributed by atoms with Crippen molar-refractivity contribution in [2.24, 2.45) is 0 Å². The molecule has 0 atom stereocenters. The molecule has 0 heterocycles. The zero-order chi connectivity index (χ0) is 12.1. The van der Waals surface area contributed by atoms with Crippen LogP contribution in [0.15, 0.2) is 18.2 Å². The van der Waals surface area contributed by atoms with Crippen molar-refractivity contribution in [2.75, 3.05) is 6.54 Å².